The number of aromatic amines is 1. The molecule has 18 heteroatoms. The van der Waals surface area contributed by atoms with Gasteiger partial charge in [-0.1, -0.05) is 36.4 Å². The largest absolute Gasteiger partial charge is 0.489 e. The maximum absolute atomic E-state index is 14.8. The molecular weight excluding hydrogens is 949 g/mol. The minimum Gasteiger partial charge on any atom is -0.489 e. The van der Waals surface area contributed by atoms with Crippen LogP contribution in [-0.2, 0) is 14.8 Å². The van der Waals surface area contributed by atoms with Gasteiger partial charge in [0.15, 0.2) is 11.4 Å². The first-order valence-corrected chi connectivity index (χ1v) is 27.5. The van der Waals surface area contributed by atoms with Crippen molar-refractivity contribution in [2.45, 2.75) is 113 Å². The Morgan fingerprint density at radius 2 is 1.74 bits per heavy atom. The predicted octanol–water partition coefficient (Wildman–Crippen LogP) is 8.87. The standard InChI is InChI=1S/C55H64N8O9S/c1-33(2)40-7-4-5-8-41(40)44-9-6-20-61(44)38-27-55(28-38)17-21-60(22-18-55)37-10-11-42(45(24-37)62-29-36-30-70-32-49(36)72-53-47(62)23-35-14-19-56-51(35)58-53)52(64)59-73(68,69)39-25-46(63(66)67)50-48(26-39)71-31-43(57-50)34-12-15-54(3,65)16-13-34/h4-5,7-8,10-11,14,19,23-26,34,36,38,43-44,49,57,65H,1,6,9,12-13,15-18,20-22,27-32H2,2-3H3,(H,56,58)(H,59,64)/t34?,36-,43+,44-,49+,54?/m0/s1. The van der Waals surface area contributed by atoms with Gasteiger partial charge in [0.25, 0.3) is 21.6 Å². The lowest BCUT2D eigenvalue weighted by molar-refractivity contribution is -0.384. The Kier molecular flexibility index (Phi) is 12.0. The van der Waals surface area contributed by atoms with Crippen molar-refractivity contribution in [3.05, 3.63) is 106 Å². The molecule has 3 saturated heterocycles. The number of piperidine rings is 1. The summed E-state index contributed by atoms with van der Waals surface area (Å²) in [5, 5.41) is 27.2. The van der Waals surface area contributed by atoms with Crippen LogP contribution < -0.4 is 29.3 Å². The number of H-pyrrole nitrogens is 1. The number of likely N-dealkylation sites (tertiary alicyclic amines) is 1. The Hall–Kier alpha value is -6.21. The number of amides is 1. The molecule has 5 aromatic rings. The summed E-state index contributed by atoms with van der Waals surface area (Å²) < 4.78 is 49.6. The van der Waals surface area contributed by atoms with Gasteiger partial charge in [-0.15, -0.1) is 0 Å². The fourth-order valence-corrected chi connectivity index (χ4v) is 14.2. The zero-order valence-corrected chi connectivity index (χ0v) is 42.3. The van der Waals surface area contributed by atoms with Gasteiger partial charge in [0.05, 0.1) is 45.9 Å². The van der Waals surface area contributed by atoms with Crippen molar-refractivity contribution < 1.29 is 37.5 Å². The molecule has 7 aliphatic rings. The number of nitro benzene ring substituents is 1. The second-order valence-electron chi connectivity index (χ2n) is 22.2. The third-order valence-corrected chi connectivity index (χ3v) is 18.7. The number of benzene rings is 3. The summed E-state index contributed by atoms with van der Waals surface area (Å²) in [4.78, 5) is 41.4. The third kappa shape index (κ3) is 8.86. The van der Waals surface area contributed by atoms with Crippen molar-refractivity contribution in [2.24, 2.45) is 17.3 Å². The lowest BCUT2D eigenvalue weighted by Gasteiger charge is -2.56. The van der Waals surface area contributed by atoms with Crippen molar-refractivity contribution in [2.75, 3.05) is 61.1 Å². The van der Waals surface area contributed by atoms with E-state index in [9.17, 15) is 28.4 Å². The number of aliphatic hydroxyl groups is 1. The summed E-state index contributed by atoms with van der Waals surface area (Å²) in [5.41, 5.74) is 5.62. The van der Waals surface area contributed by atoms with E-state index < -0.39 is 37.0 Å². The topological polar surface area (TPSA) is 205 Å². The second-order valence-corrected chi connectivity index (χ2v) is 23.9. The van der Waals surface area contributed by atoms with Gasteiger partial charge in [0, 0.05) is 67.0 Å². The molecule has 7 heterocycles. The summed E-state index contributed by atoms with van der Waals surface area (Å²) in [7, 11) is -4.71. The van der Waals surface area contributed by atoms with Crippen molar-refractivity contribution >= 4 is 61.0 Å². The number of nitrogens with zero attached hydrogens (tertiary/aromatic N) is 5. The van der Waals surface area contributed by atoms with Crippen LogP contribution in [-0.4, -0.2) is 109 Å². The number of fused-ring (bicyclic) bond motifs is 4. The molecule has 384 valence electrons. The molecule has 5 aliphatic heterocycles. The van der Waals surface area contributed by atoms with Gasteiger partial charge >= 0.3 is 0 Å². The number of pyridine rings is 1. The van der Waals surface area contributed by atoms with E-state index in [1.54, 1.807) is 12.3 Å². The van der Waals surface area contributed by atoms with Crippen molar-refractivity contribution in [1.82, 2.24) is 19.6 Å². The third-order valence-electron chi connectivity index (χ3n) is 17.4. The van der Waals surface area contributed by atoms with Crippen molar-refractivity contribution in [3.63, 3.8) is 0 Å². The highest BCUT2D eigenvalue weighted by molar-refractivity contribution is 7.90. The van der Waals surface area contributed by atoms with Crippen LogP contribution in [0.15, 0.2) is 84.4 Å². The Bertz CT molecular complexity index is 3110. The molecule has 12 rings (SSSR count). The normalized spacial score (nSPS) is 26.9. The molecule has 1 spiro atoms. The molecule has 3 aromatic carbocycles. The van der Waals surface area contributed by atoms with Crippen molar-refractivity contribution in [3.8, 4) is 11.6 Å². The van der Waals surface area contributed by atoms with E-state index in [1.807, 2.05) is 36.1 Å². The number of carbonyl (C=O) groups excluding carboxylic acids is 1. The number of hydrogen-bond donors (Lipinski definition) is 4. The maximum Gasteiger partial charge on any atom is 0.297 e. The summed E-state index contributed by atoms with van der Waals surface area (Å²) >= 11 is 0. The van der Waals surface area contributed by atoms with Gasteiger partial charge in [-0.25, -0.2) is 13.1 Å². The van der Waals surface area contributed by atoms with Crippen LogP contribution in [0, 0.1) is 27.4 Å². The lowest BCUT2D eigenvalue weighted by atomic mass is 9.59. The Balaban J connectivity index is 0.827. The van der Waals surface area contributed by atoms with Gasteiger partial charge in [0.1, 0.15) is 24.0 Å². The first kappa shape index (κ1) is 47.8. The first-order valence-electron chi connectivity index (χ1n) is 26.0. The zero-order valence-electron chi connectivity index (χ0n) is 41.5. The number of sulfonamides is 1. The van der Waals surface area contributed by atoms with Gasteiger partial charge in [-0.3, -0.25) is 19.8 Å². The molecule has 2 aliphatic carbocycles. The number of carbonyl (C=O) groups is 1. The van der Waals surface area contributed by atoms with Crippen LogP contribution >= 0.6 is 0 Å². The molecule has 73 heavy (non-hydrogen) atoms. The number of aromatic nitrogens is 2. The van der Waals surface area contributed by atoms with E-state index in [0.29, 0.717) is 80.4 Å². The summed E-state index contributed by atoms with van der Waals surface area (Å²) in [6, 6.07) is 21.1. The summed E-state index contributed by atoms with van der Waals surface area (Å²) in [5.74, 6) is -0.524. The first-order chi connectivity index (χ1) is 35.1. The monoisotopic (exact) mass is 1010 g/mol. The van der Waals surface area contributed by atoms with Crippen LogP contribution in [0.3, 0.4) is 0 Å². The van der Waals surface area contributed by atoms with E-state index in [-0.39, 0.29) is 53.0 Å². The number of rotatable bonds is 10. The maximum atomic E-state index is 14.8. The number of hydrogen-bond acceptors (Lipinski definition) is 14. The molecule has 5 fully saturated rings. The smallest absolute Gasteiger partial charge is 0.297 e. The van der Waals surface area contributed by atoms with E-state index >= 15 is 0 Å². The second kappa shape index (κ2) is 18.3. The number of nitro groups is 1. The molecule has 0 bridgehead atoms. The van der Waals surface area contributed by atoms with Gasteiger partial charge in [0.2, 0.25) is 5.88 Å². The summed E-state index contributed by atoms with van der Waals surface area (Å²) in [6.45, 7) is 12.3. The molecule has 0 radical (unpaired) electrons. The summed E-state index contributed by atoms with van der Waals surface area (Å²) in [6.07, 6.45) is 10.9. The minimum atomic E-state index is -4.71. The average molecular weight is 1010 g/mol. The number of anilines is 4. The Morgan fingerprint density at radius 1 is 0.945 bits per heavy atom. The van der Waals surface area contributed by atoms with Crippen LogP contribution in [0.4, 0.5) is 28.4 Å². The molecule has 1 amide bonds. The highest BCUT2D eigenvalue weighted by atomic mass is 32.2. The molecule has 17 nitrogen and oxygen atoms in total. The molecule has 2 aromatic heterocycles. The van der Waals surface area contributed by atoms with E-state index in [0.717, 1.165) is 61.6 Å². The number of allylic oxidation sites excluding steroid dienone is 1. The minimum absolute atomic E-state index is 0.00884. The van der Waals surface area contributed by atoms with E-state index in [2.05, 4.69) is 62.6 Å². The Labute approximate surface area is 425 Å². The molecule has 2 saturated carbocycles. The SMILES string of the molecule is C=C(C)c1ccccc1[C@@H]1CCCN1C1CC2(CCN(c3ccc(C(=O)NS(=O)(=O)c4cc5c(c([N+](=O)[O-])c4)N[C@@H](C4CCC(C)(O)CC4)CO5)c(N4C[C@H]5COC[C@H]5Oc5nc6[nH]ccc6cc54)c3)CC2)C1. The highest BCUT2D eigenvalue weighted by Gasteiger charge is 2.50. The van der Waals surface area contributed by atoms with Crippen LogP contribution in [0.5, 0.6) is 11.6 Å². The fraction of sp³-hybridized carbons (Fsp3) is 0.491. The van der Waals surface area contributed by atoms with E-state index in [4.69, 9.17) is 19.2 Å². The number of ether oxygens (including phenoxy) is 3. The van der Waals surface area contributed by atoms with Gasteiger partial charge in [-0.2, -0.15) is 4.98 Å². The lowest BCUT2D eigenvalue weighted by Crippen LogP contribution is -2.55. The molecular formula is C55H64N8O9S. The Morgan fingerprint density at radius 3 is 2.52 bits per heavy atom. The van der Waals surface area contributed by atoms with E-state index in [1.165, 1.54) is 36.5 Å². The fourth-order valence-electron chi connectivity index (χ4n) is 13.2. The van der Waals surface area contributed by atoms with Crippen LogP contribution in [0.25, 0.3) is 16.6 Å². The molecule has 0 unspecified atom stereocenters. The zero-order chi connectivity index (χ0) is 50.4. The quantitative estimate of drug-likeness (QED) is 0.0763. The highest BCUT2D eigenvalue weighted by Crippen LogP contribution is 2.55. The van der Waals surface area contributed by atoms with Gasteiger partial charge in [-0.05, 0) is 137 Å². The molecule has 4 atom stereocenters. The number of nitrogens with one attached hydrogen (secondary N) is 3. The van der Waals surface area contributed by atoms with Crippen LogP contribution in [0.1, 0.15) is 106 Å². The van der Waals surface area contributed by atoms with Crippen LogP contribution in [0.2, 0.25) is 0 Å². The molecule has 4 N–H and O–H groups in total. The van der Waals surface area contributed by atoms with Gasteiger partial charge < -0.3 is 39.4 Å². The average Bonchev–Trinajstić information content (AvgIpc) is 4.14. The predicted molar refractivity (Wildman–Crippen MR) is 278 cm³/mol. The van der Waals surface area contributed by atoms with Crippen molar-refractivity contribution in [1.29, 1.82) is 0 Å².